The normalized spacial score (nSPS) is 14.9. The fourth-order valence-corrected chi connectivity index (χ4v) is 2.83. The number of benzene rings is 1. The summed E-state index contributed by atoms with van der Waals surface area (Å²) in [4.78, 5) is 20.4. The van der Waals surface area contributed by atoms with Gasteiger partial charge in [0.05, 0.1) is 13.2 Å². The molecule has 1 amide bonds. The maximum atomic E-state index is 11.5. The second-order valence-corrected chi connectivity index (χ2v) is 5.87. The first-order chi connectivity index (χ1) is 11.7. The van der Waals surface area contributed by atoms with Crippen molar-refractivity contribution in [3.05, 3.63) is 35.4 Å². The van der Waals surface area contributed by atoms with Gasteiger partial charge in [0, 0.05) is 46.8 Å². The van der Waals surface area contributed by atoms with E-state index in [9.17, 15) is 4.79 Å². The zero-order chi connectivity index (χ0) is 17.4. The highest BCUT2D eigenvalue weighted by atomic mass is 127. The molecule has 1 aliphatic rings. The van der Waals surface area contributed by atoms with Gasteiger partial charge in [0.25, 0.3) is 0 Å². The summed E-state index contributed by atoms with van der Waals surface area (Å²) in [6.07, 6.45) is 0. The Morgan fingerprint density at radius 2 is 1.76 bits per heavy atom. The van der Waals surface area contributed by atoms with Gasteiger partial charge < -0.3 is 19.9 Å². The number of nitrogens with one attached hydrogen (secondary N) is 1. The summed E-state index contributed by atoms with van der Waals surface area (Å²) in [5.74, 6) is 1.05. The van der Waals surface area contributed by atoms with Gasteiger partial charge in [0.2, 0.25) is 5.91 Å². The number of halogens is 1. The van der Waals surface area contributed by atoms with E-state index in [4.69, 9.17) is 9.73 Å². The van der Waals surface area contributed by atoms with Gasteiger partial charge >= 0.3 is 0 Å². The average molecular weight is 460 g/mol. The van der Waals surface area contributed by atoms with Crippen LogP contribution < -0.4 is 5.32 Å². The highest BCUT2D eigenvalue weighted by molar-refractivity contribution is 14.0. The predicted molar refractivity (Wildman–Crippen MR) is 111 cm³/mol. The third-order valence-electron chi connectivity index (χ3n) is 4.18. The van der Waals surface area contributed by atoms with Gasteiger partial charge in [-0.2, -0.15) is 0 Å². The first-order valence-electron chi connectivity index (χ1n) is 8.50. The lowest BCUT2D eigenvalue weighted by atomic mass is 10.1. The molecule has 140 valence electrons. The van der Waals surface area contributed by atoms with E-state index in [0.717, 1.165) is 38.7 Å². The van der Waals surface area contributed by atoms with E-state index in [0.29, 0.717) is 13.2 Å². The molecule has 0 saturated carbocycles. The van der Waals surface area contributed by atoms with Crippen molar-refractivity contribution < 1.29 is 9.53 Å². The molecular formula is C18H29IN4O2. The van der Waals surface area contributed by atoms with E-state index in [1.54, 1.807) is 14.0 Å². The predicted octanol–water partition coefficient (Wildman–Crippen LogP) is 2.08. The summed E-state index contributed by atoms with van der Waals surface area (Å²) >= 11 is 0. The molecule has 0 aromatic heterocycles. The van der Waals surface area contributed by atoms with Crippen molar-refractivity contribution in [2.24, 2.45) is 4.99 Å². The lowest BCUT2D eigenvalue weighted by molar-refractivity contribution is -0.130. The van der Waals surface area contributed by atoms with Crippen LogP contribution >= 0.6 is 24.0 Å². The lowest BCUT2D eigenvalue weighted by Crippen LogP contribution is -2.53. The summed E-state index contributed by atoms with van der Waals surface area (Å²) < 4.78 is 5.26. The Labute approximate surface area is 167 Å². The summed E-state index contributed by atoms with van der Waals surface area (Å²) in [7, 11) is 1.71. The Balaban J connectivity index is 0.00000312. The van der Waals surface area contributed by atoms with E-state index in [-0.39, 0.29) is 29.9 Å². The summed E-state index contributed by atoms with van der Waals surface area (Å²) in [5.41, 5.74) is 2.35. The second-order valence-electron chi connectivity index (χ2n) is 5.87. The molecular weight excluding hydrogens is 431 g/mol. The number of carbonyl (C=O) groups excluding carboxylic acids is 1. The van der Waals surface area contributed by atoms with Crippen LogP contribution in [0.15, 0.2) is 29.3 Å². The van der Waals surface area contributed by atoms with Crippen LogP contribution in [0.3, 0.4) is 0 Å². The number of aliphatic imine (C=N–C) groups is 1. The molecule has 1 aromatic rings. The number of piperazine rings is 1. The third-order valence-corrected chi connectivity index (χ3v) is 4.18. The van der Waals surface area contributed by atoms with E-state index in [1.807, 2.05) is 17.0 Å². The van der Waals surface area contributed by atoms with Crippen LogP contribution in [0, 0.1) is 0 Å². The molecule has 0 aliphatic carbocycles. The first-order valence-corrected chi connectivity index (χ1v) is 8.50. The smallest absolute Gasteiger partial charge is 0.219 e. The number of methoxy groups -OCH3 is 1. The topological polar surface area (TPSA) is 57.2 Å². The molecule has 1 aromatic carbocycles. The standard InChI is InChI=1S/C18H28N4O2.HI/c1-4-19-18(22-11-9-21(10-12-22)15(2)23)20-13-16-7-5-6-8-17(16)14-24-3;/h5-8H,4,9-14H2,1-3H3,(H,19,20);1H. The van der Waals surface area contributed by atoms with Crippen LogP contribution in [0.1, 0.15) is 25.0 Å². The minimum Gasteiger partial charge on any atom is -0.380 e. The maximum Gasteiger partial charge on any atom is 0.219 e. The molecule has 1 heterocycles. The van der Waals surface area contributed by atoms with Crippen molar-refractivity contribution in [2.75, 3.05) is 39.8 Å². The van der Waals surface area contributed by atoms with Gasteiger partial charge in [0.15, 0.2) is 5.96 Å². The van der Waals surface area contributed by atoms with E-state index in [2.05, 4.69) is 29.3 Å². The number of guanidine groups is 1. The van der Waals surface area contributed by atoms with Crippen molar-refractivity contribution in [3.63, 3.8) is 0 Å². The number of nitrogens with zero attached hydrogens (tertiary/aromatic N) is 3. The van der Waals surface area contributed by atoms with Crippen LogP contribution in [0.5, 0.6) is 0 Å². The Bertz CT molecular complexity index is 572. The van der Waals surface area contributed by atoms with Crippen LogP contribution in [0.2, 0.25) is 0 Å². The maximum absolute atomic E-state index is 11.5. The fraction of sp³-hybridized carbons (Fsp3) is 0.556. The highest BCUT2D eigenvalue weighted by Crippen LogP contribution is 2.12. The van der Waals surface area contributed by atoms with Crippen molar-refractivity contribution >= 4 is 35.8 Å². The Morgan fingerprint density at radius 1 is 1.16 bits per heavy atom. The fourth-order valence-electron chi connectivity index (χ4n) is 2.83. The number of amides is 1. The molecule has 0 bridgehead atoms. The molecule has 0 spiro atoms. The summed E-state index contributed by atoms with van der Waals surface area (Å²) in [6.45, 7) is 8.86. The Kier molecular flexibility index (Phi) is 9.81. The van der Waals surface area contributed by atoms with Gasteiger partial charge in [-0.15, -0.1) is 24.0 Å². The van der Waals surface area contributed by atoms with Gasteiger partial charge in [0.1, 0.15) is 0 Å². The average Bonchev–Trinajstić information content (AvgIpc) is 2.60. The van der Waals surface area contributed by atoms with Gasteiger partial charge in [-0.1, -0.05) is 24.3 Å². The van der Waals surface area contributed by atoms with E-state index < -0.39 is 0 Å². The summed E-state index contributed by atoms with van der Waals surface area (Å²) in [5, 5.41) is 3.36. The second kappa shape index (κ2) is 11.3. The minimum atomic E-state index is 0. The number of rotatable bonds is 5. The van der Waals surface area contributed by atoms with Gasteiger partial charge in [-0.3, -0.25) is 4.79 Å². The quantitative estimate of drug-likeness (QED) is 0.416. The zero-order valence-corrected chi connectivity index (χ0v) is 17.7. The number of hydrogen-bond donors (Lipinski definition) is 1. The number of carbonyl (C=O) groups is 1. The van der Waals surface area contributed by atoms with E-state index in [1.165, 1.54) is 11.1 Å². The summed E-state index contributed by atoms with van der Waals surface area (Å²) in [6, 6.07) is 8.22. The monoisotopic (exact) mass is 460 g/mol. The minimum absolute atomic E-state index is 0. The zero-order valence-electron chi connectivity index (χ0n) is 15.3. The van der Waals surface area contributed by atoms with Crippen LogP contribution in [-0.2, 0) is 22.7 Å². The molecule has 1 aliphatic heterocycles. The van der Waals surface area contributed by atoms with Crippen molar-refractivity contribution in [2.45, 2.75) is 27.0 Å². The van der Waals surface area contributed by atoms with Crippen molar-refractivity contribution in [3.8, 4) is 0 Å². The molecule has 1 saturated heterocycles. The number of ether oxygens (including phenoxy) is 1. The van der Waals surface area contributed by atoms with Crippen molar-refractivity contribution in [1.29, 1.82) is 0 Å². The highest BCUT2D eigenvalue weighted by Gasteiger charge is 2.20. The lowest BCUT2D eigenvalue weighted by Gasteiger charge is -2.36. The Hall–Kier alpha value is -1.35. The molecule has 25 heavy (non-hydrogen) atoms. The largest absolute Gasteiger partial charge is 0.380 e. The van der Waals surface area contributed by atoms with Crippen molar-refractivity contribution in [1.82, 2.24) is 15.1 Å². The molecule has 2 rings (SSSR count). The molecule has 6 nitrogen and oxygen atoms in total. The molecule has 1 fully saturated rings. The van der Waals surface area contributed by atoms with Gasteiger partial charge in [-0.25, -0.2) is 4.99 Å². The van der Waals surface area contributed by atoms with E-state index >= 15 is 0 Å². The molecule has 0 unspecified atom stereocenters. The molecule has 0 radical (unpaired) electrons. The van der Waals surface area contributed by atoms with Crippen LogP contribution in [0.25, 0.3) is 0 Å². The first kappa shape index (κ1) is 21.7. The number of hydrogen-bond acceptors (Lipinski definition) is 3. The third kappa shape index (κ3) is 6.47. The van der Waals surface area contributed by atoms with Crippen LogP contribution in [0.4, 0.5) is 0 Å². The Morgan fingerprint density at radius 3 is 2.32 bits per heavy atom. The van der Waals surface area contributed by atoms with Crippen LogP contribution in [-0.4, -0.2) is 61.5 Å². The molecule has 0 atom stereocenters. The molecule has 7 heteroatoms. The van der Waals surface area contributed by atoms with Gasteiger partial charge in [-0.05, 0) is 18.1 Å². The SMILES string of the molecule is CCNC(=NCc1ccccc1COC)N1CCN(C(C)=O)CC1.I. The molecule has 1 N–H and O–H groups in total.